The lowest BCUT2D eigenvalue weighted by Gasteiger charge is -2.43. The van der Waals surface area contributed by atoms with E-state index in [0.29, 0.717) is 0 Å². The molecule has 0 unspecified atom stereocenters. The van der Waals surface area contributed by atoms with Gasteiger partial charge in [-0.1, -0.05) is 80.1 Å². The molecule has 0 amide bonds. The summed E-state index contributed by atoms with van der Waals surface area (Å²) in [5.74, 6) is 1.45. The SMILES string of the molecule is CCCCN=C(N(CCCC)CCCC)[N+](CCCC)(CCCC)CCCC.[F-]. The molecule has 29 heavy (non-hydrogen) atoms. The lowest BCUT2D eigenvalue weighted by Crippen LogP contribution is -3.00. The van der Waals surface area contributed by atoms with Crippen LogP contribution in [0.25, 0.3) is 0 Å². The molecular formula is C25H54FN3. The van der Waals surface area contributed by atoms with E-state index in [1.807, 2.05) is 0 Å². The molecule has 0 radical (unpaired) electrons. The number of quaternary nitrogens is 1. The predicted octanol–water partition coefficient (Wildman–Crippen LogP) is 4.27. The quantitative estimate of drug-likeness (QED) is 0.141. The van der Waals surface area contributed by atoms with Crippen LogP contribution in [0.3, 0.4) is 0 Å². The van der Waals surface area contributed by atoms with Crippen LogP contribution in [0.2, 0.25) is 0 Å². The Kier molecular flexibility index (Phi) is 21.7. The van der Waals surface area contributed by atoms with Crippen LogP contribution in [-0.4, -0.2) is 54.6 Å². The molecule has 0 aliphatic heterocycles. The monoisotopic (exact) mass is 415 g/mol. The first-order chi connectivity index (χ1) is 13.7. The van der Waals surface area contributed by atoms with Crippen LogP contribution < -0.4 is 4.70 Å². The topological polar surface area (TPSA) is 15.6 Å². The van der Waals surface area contributed by atoms with Gasteiger partial charge in [-0.05, 0) is 38.5 Å². The maximum Gasteiger partial charge on any atom is 0.300 e. The van der Waals surface area contributed by atoms with E-state index in [9.17, 15) is 0 Å². The van der Waals surface area contributed by atoms with E-state index < -0.39 is 0 Å². The summed E-state index contributed by atoms with van der Waals surface area (Å²) in [5, 5.41) is 0. The average Bonchev–Trinajstić information content (AvgIpc) is 2.72. The highest BCUT2D eigenvalue weighted by atomic mass is 19.0. The second-order valence-corrected chi connectivity index (χ2v) is 8.61. The fourth-order valence-electron chi connectivity index (χ4n) is 3.91. The highest BCUT2D eigenvalue weighted by Gasteiger charge is 2.36. The molecule has 0 saturated carbocycles. The van der Waals surface area contributed by atoms with Gasteiger partial charge in [0.05, 0.1) is 19.6 Å². The summed E-state index contributed by atoms with van der Waals surface area (Å²) in [4.78, 5) is 8.08. The Bertz CT molecular complexity index is 341. The summed E-state index contributed by atoms with van der Waals surface area (Å²) < 4.78 is 1.15. The van der Waals surface area contributed by atoms with Gasteiger partial charge in [0.1, 0.15) is 0 Å². The molecule has 0 aliphatic carbocycles. The molecule has 0 atom stereocenters. The van der Waals surface area contributed by atoms with Crippen molar-refractivity contribution < 1.29 is 9.19 Å². The molecule has 0 aromatic heterocycles. The van der Waals surface area contributed by atoms with Crippen LogP contribution in [0.4, 0.5) is 0 Å². The summed E-state index contributed by atoms with van der Waals surface area (Å²) in [6.45, 7) is 21.1. The molecule has 176 valence electrons. The fraction of sp³-hybridized carbons (Fsp3) is 0.960. The zero-order valence-corrected chi connectivity index (χ0v) is 20.9. The first-order valence-electron chi connectivity index (χ1n) is 12.8. The zero-order valence-electron chi connectivity index (χ0n) is 20.9. The second-order valence-electron chi connectivity index (χ2n) is 8.61. The maximum atomic E-state index is 5.37. The van der Waals surface area contributed by atoms with Gasteiger partial charge in [0.25, 0.3) is 5.96 Å². The third kappa shape index (κ3) is 12.6. The lowest BCUT2D eigenvalue weighted by atomic mass is 10.1. The van der Waals surface area contributed by atoms with E-state index in [-0.39, 0.29) is 4.70 Å². The largest absolute Gasteiger partial charge is 1.00 e. The molecule has 4 heteroatoms. The predicted molar refractivity (Wildman–Crippen MR) is 128 cm³/mol. The number of guanidine groups is 1. The minimum Gasteiger partial charge on any atom is -1.00 e. The smallest absolute Gasteiger partial charge is 0.300 e. The number of halogens is 1. The Morgan fingerprint density at radius 1 is 0.586 bits per heavy atom. The number of nitrogens with zero attached hydrogens (tertiary/aromatic N) is 3. The number of aliphatic imine (C=N–C) groups is 1. The van der Waals surface area contributed by atoms with E-state index >= 15 is 0 Å². The van der Waals surface area contributed by atoms with Crippen molar-refractivity contribution >= 4 is 5.96 Å². The Morgan fingerprint density at radius 3 is 1.31 bits per heavy atom. The van der Waals surface area contributed by atoms with E-state index in [0.717, 1.165) is 11.0 Å². The number of hydrogen-bond donors (Lipinski definition) is 0. The van der Waals surface area contributed by atoms with Crippen molar-refractivity contribution in [1.29, 1.82) is 0 Å². The Labute approximate surface area is 183 Å². The van der Waals surface area contributed by atoms with E-state index in [1.165, 1.54) is 116 Å². The Hall–Kier alpha value is -0.640. The lowest BCUT2D eigenvalue weighted by molar-refractivity contribution is -0.848. The van der Waals surface area contributed by atoms with Gasteiger partial charge < -0.3 is 9.60 Å². The maximum absolute atomic E-state index is 5.37. The van der Waals surface area contributed by atoms with Crippen molar-refractivity contribution in [2.75, 3.05) is 39.3 Å². The summed E-state index contributed by atoms with van der Waals surface area (Å²) in [7, 11) is 0. The van der Waals surface area contributed by atoms with Crippen LogP contribution in [0.5, 0.6) is 0 Å². The van der Waals surface area contributed by atoms with Crippen LogP contribution in [0.15, 0.2) is 4.99 Å². The van der Waals surface area contributed by atoms with Crippen molar-refractivity contribution in [1.82, 2.24) is 4.90 Å². The van der Waals surface area contributed by atoms with Gasteiger partial charge in [-0.25, -0.2) is 4.99 Å². The molecular weight excluding hydrogens is 361 g/mol. The standard InChI is InChI=1S/C25H54N3.FH/c1-7-13-19-26-25(27(20-14-8-2)21-15-9-3)28(22-16-10-4,23-17-11-5)24-18-12-6;/h7-24H2,1-6H3;1H/q+1;/p-1. The molecule has 0 N–H and O–H groups in total. The van der Waals surface area contributed by atoms with Crippen LogP contribution in [-0.2, 0) is 0 Å². The molecule has 0 rings (SSSR count). The molecule has 0 fully saturated rings. The van der Waals surface area contributed by atoms with E-state index in [4.69, 9.17) is 4.99 Å². The second kappa shape index (κ2) is 20.6. The Balaban J connectivity index is 0. The first-order valence-corrected chi connectivity index (χ1v) is 12.8. The molecule has 0 heterocycles. The third-order valence-electron chi connectivity index (χ3n) is 5.85. The molecule has 3 nitrogen and oxygen atoms in total. The molecule has 0 bridgehead atoms. The summed E-state index contributed by atoms with van der Waals surface area (Å²) in [6, 6.07) is 0. The van der Waals surface area contributed by atoms with Gasteiger partial charge in [0.15, 0.2) is 0 Å². The molecule has 0 spiro atoms. The van der Waals surface area contributed by atoms with Crippen molar-refractivity contribution in [3.63, 3.8) is 0 Å². The summed E-state index contributed by atoms with van der Waals surface area (Å²) in [5.41, 5.74) is 0. The zero-order chi connectivity index (χ0) is 21.1. The third-order valence-corrected chi connectivity index (χ3v) is 5.85. The van der Waals surface area contributed by atoms with Crippen LogP contribution >= 0.6 is 0 Å². The molecule has 0 aromatic carbocycles. The molecule has 0 saturated heterocycles. The summed E-state index contributed by atoms with van der Waals surface area (Å²) in [6.07, 6.45) is 15.3. The van der Waals surface area contributed by atoms with E-state index in [2.05, 4.69) is 46.4 Å². The van der Waals surface area contributed by atoms with Crippen molar-refractivity contribution in [2.24, 2.45) is 4.99 Å². The highest BCUT2D eigenvalue weighted by Crippen LogP contribution is 2.20. The molecule has 0 aromatic rings. The molecule has 0 aliphatic rings. The van der Waals surface area contributed by atoms with Gasteiger partial charge in [-0.15, -0.1) is 0 Å². The normalized spacial score (nSPS) is 12.1. The van der Waals surface area contributed by atoms with Gasteiger partial charge in [0.2, 0.25) is 0 Å². The van der Waals surface area contributed by atoms with Crippen LogP contribution in [0, 0.1) is 0 Å². The van der Waals surface area contributed by atoms with Gasteiger partial charge in [-0.2, -0.15) is 0 Å². The van der Waals surface area contributed by atoms with Crippen molar-refractivity contribution in [3.8, 4) is 0 Å². The van der Waals surface area contributed by atoms with E-state index in [1.54, 1.807) is 0 Å². The average molecular weight is 416 g/mol. The summed E-state index contributed by atoms with van der Waals surface area (Å²) >= 11 is 0. The van der Waals surface area contributed by atoms with Gasteiger partial charge in [0, 0.05) is 19.6 Å². The minimum atomic E-state index is 0. The fourth-order valence-corrected chi connectivity index (χ4v) is 3.91. The first kappa shape index (κ1) is 30.6. The number of hydrogen-bond acceptors (Lipinski definition) is 1. The number of unbranched alkanes of at least 4 members (excludes halogenated alkanes) is 6. The van der Waals surface area contributed by atoms with Crippen LogP contribution in [0.1, 0.15) is 119 Å². The van der Waals surface area contributed by atoms with Gasteiger partial charge >= 0.3 is 0 Å². The Morgan fingerprint density at radius 2 is 0.966 bits per heavy atom. The highest BCUT2D eigenvalue weighted by molar-refractivity contribution is 5.73. The van der Waals surface area contributed by atoms with Crippen molar-refractivity contribution in [3.05, 3.63) is 0 Å². The van der Waals surface area contributed by atoms with Crippen molar-refractivity contribution in [2.45, 2.75) is 119 Å². The number of rotatable bonds is 18. The van der Waals surface area contributed by atoms with Gasteiger partial charge in [-0.3, -0.25) is 4.48 Å². The minimum absolute atomic E-state index is 0.